The Bertz CT molecular complexity index is 773. The highest BCUT2D eigenvalue weighted by Gasteiger charge is 2.51. The summed E-state index contributed by atoms with van der Waals surface area (Å²) in [5, 5.41) is 33.0. The molecule has 29 heavy (non-hydrogen) atoms. The van der Waals surface area contributed by atoms with Crippen LogP contribution in [0.5, 0.6) is 0 Å². The zero-order valence-electron chi connectivity index (χ0n) is 16.4. The summed E-state index contributed by atoms with van der Waals surface area (Å²) in [6.45, 7) is 4.39. The van der Waals surface area contributed by atoms with Gasteiger partial charge in [0.15, 0.2) is 5.60 Å². The summed E-state index contributed by atoms with van der Waals surface area (Å²) in [7, 11) is 0. The number of hydrogen-bond donors (Lipinski definition) is 3. The fourth-order valence-corrected chi connectivity index (χ4v) is 3.64. The van der Waals surface area contributed by atoms with Crippen molar-refractivity contribution in [3.05, 3.63) is 48.0 Å². The summed E-state index contributed by atoms with van der Waals surface area (Å²) in [6.07, 6.45) is 0.733. The van der Waals surface area contributed by atoms with Gasteiger partial charge in [0.05, 0.1) is 37.1 Å². The Balaban J connectivity index is 1.81. The molecule has 3 rings (SSSR count). The molecule has 4 atom stereocenters. The SMILES string of the molecule is C=CCO[C@H]1C[C@](OCc2ccccc2C#N)(C(=O)NCC2CC2)C[C@@H](O)[C@H]1O. The van der Waals surface area contributed by atoms with Crippen LogP contribution in [0.4, 0.5) is 0 Å². The first-order valence-electron chi connectivity index (χ1n) is 9.98. The van der Waals surface area contributed by atoms with Gasteiger partial charge in [0.1, 0.15) is 6.10 Å². The fraction of sp³-hybridized carbons (Fsp3) is 0.545. The molecule has 0 bridgehead atoms. The van der Waals surface area contributed by atoms with Crippen molar-refractivity contribution in [1.29, 1.82) is 5.26 Å². The van der Waals surface area contributed by atoms with Crippen LogP contribution in [0.2, 0.25) is 0 Å². The van der Waals surface area contributed by atoms with Gasteiger partial charge in [-0.3, -0.25) is 4.79 Å². The quantitative estimate of drug-likeness (QED) is 0.541. The van der Waals surface area contributed by atoms with Crippen LogP contribution in [0, 0.1) is 17.2 Å². The van der Waals surface area contributed by atoms with E-state index in [0.29, 0.717) is 23.6 Å². The second kappa shape index (κ2) is 9.51. The van der Waals surface area contributed by atoms with E-state index in [1.54, 1.807) is 30.3 Å². The lowest BCUT2D eigenvalue weighted by Crippen LogP contribution is -2.60. The van der Waals surface area contributed by atoms with Crippen molar-refractivity contribution in [3.63, 3.8) is 0 Å². The summed E-state index contributed by atoms with van der Waals surface area (Å²) in [5.41, 5.74) is -0.229. The molecule has 0 spiro atoms. The summed E-state index contributed by atoms with van der Waals surface area (Å²) >= 11 is 0. The maximum atomic E-state index is 13.1. The van der Waals surface area contributed by atoms with E-state index in [2.05, 4.69) is 18.0 Å². The number of nitrogens with zero attached hydrogens (tertiary/aromatic N) is 1. The normalized spacial score (nSPS) is 29.1. The molecule has 3 N–H and O–H groups in total. The van der Waals surface area contributed by atoms with Crippen molar-refractivity contribution in [1.82, 2.24) is 5.32 Å². The molecular weight excluding hydrogens is 372 g/mol. The van der Waals surface area contributed by atoms with Gasteiger partial charge in [-0.05, 0) is 30.4 Å². The number of ether oxygens (including phenoxy) is 2. The highest BCUT2D eigenvalue weighted by molar-refractivity contribution is 5.85. The first-order chi connectivity index (χ1) is 14.0. The van der Waals surface area contributed by atoms with Crippen molar-refractivity contribution in [2.75, 3.05) is 13.2 Å². The second-order valence-electron chi connectivity index (χ2n) is 7.83. The van der Waals surface area contributed by atoms with Gasteiger partial charge in [0.2, 0.25) is 0 Å². The van der Waals surface area contributed by atoms with E-state index in [1.807, 2.05) is 0 Å². The summed E-state index contributed by atoms with van der Waals surface area (Å²) in [4.78, 5) is 13.1. The lowest BCUT2D eigenvalue weighted by Gasteiger charge is -2.43. The summed E-state index contributed by atoms with van der Waals surface area (Å²) in [6, 6.07) is 9.15. The molecule has 2 saturated carbocycles. The van der Waals surface area contributed by atoms with Gasteiger partial charge in [0, 0.05) is 19.4 Å². The molecule has 0 aromatic heterocycles. The van der Waals surface area contributed by atoms with Gasteiger partial charge in [0.25, 0.3) is 5.91 Å². The Hall–Kier alpha value is -2.24. The van der Waals surface area contributed by atoms with Crippen molar-refractivity contribution < 1.29 is 24.5 Å². The number of nitrogens with one attached hydrogen (secondary N) is 1. The zero-order valence-corrected chi connectivity index (χ0v) is 16.4. The van der Waals surface area contributed by atoms with E-state index in [1.165, 1.54) is 0 Å². The third kappa shape index (κ3) is 5.22. The molecule has 7 heteroatoms. The van der Waals surface area contributed by atoms with Crippen LogP contribution < -0.4 is 5.32 Å². The van der Waals surface area contributed by atoms with Gasteiger partial charge in [-0.15, -0.1) is 6.58 Å². The Labute approximate surface area is 170 Å². The zero-order chi connectivity index (χ0) is 20.9. The molecule has 7 nitrogen and oxygen atoms in total. The lowest BCUT2D eigenvalue weighted by molar-refractivity contribution is -0.196. The second-order valence-corrected chi connectivity index (χ2v) is 7.83. The van der Waals surface area contributed by atoms with Crippen LogP contribution in [0.1, 0.15) is 36.8 Å². The van der Waals surface area contributed by atoms with Gasteiger partial charge in [-0.25, -0.2) is 0 Å². The van der Waals surface area contributed by atoms with Gasteiger partial charge in [-0.1, -0.05) is 24.3 Å². The largest absolute Gasteiger partial charge is 0.390 e. The molecule has 0 aliphatic heterocycles. The minimum Gasteiger partial charge on any atom is -0.390 e. The molecule has 0 heterocycles. The Morgan fingerprint density at radius 2 is 2.10 bits per heavy atom. The molecule has 0 saturated heterocycles. The highest BCUT2D eigenvalue weighted by atomic mass is 16.5. The van der Waals surface area contributed by atoms with E-state index >= 15 is 0 Å². The third-order valence-electron chi connectivity index (χ3n) is 5.58. The average molecular weight is 400 g/mol. The first-order valence-corrected chi connectivity index (χ1v) is 9.98. The monoisotopic (exact) mass is 400 g/mol. The van der Waals surface area contributed by atoms with Gasteiger partial charge >= 0.3 is 0 Å². The van der Waals surface area contributed by atoms with Crippen molar-refractivity contribution >= 4 is 5.91 Å². The van der Waals surface area contributed by atoms with Crippen LogP contribution in [0.25, 0.3) is 0 Å². The number of nitriles is 1. The van der Waals surface area contributed by atoms with Crippen LogP contribution >= 0.6 is 0 Å². The van der Waals surface area contributed by atoms with Crippen molar-refractivity contribution in [2.24, 2.45) is 5.92 Å². The molecule has 156 valence electrons. The molecule has 0 radical (unpaired) electrons. The predicted molar refractivity (Wildman–Crippen MR) is 106 cm³/mol. The molecule has 0 unspecified atom stereocenters. The van der Waals surface area contributed by atoms with E-state index in [-0.39, 0.29) is 32.0 Å². The Kier molecular flexibility index (Phi) is 7.04. The van der Waals surface area contributed by atoms with E-state index in [0.717, 1.165) is 12.8 Å². The number of rotatable bonds is 9. The standard InChI is InChI=1S/C22H28N2O5/c1-2-9-28-19-11-22(10-18(25)20(19)26,21(27)24-13-15-7-8-15)29-14-17-6-4-3-5-16(17)12-23/h2-6,15,18-20,25-26H,1,7-11,13-14H2,(H,24,27)/t18-,19+,20-,22+/m1/s1. The third-order valence-corrected chi connectivity index (χ3v) is 5.58. The number of carbonyl (C=O) groups excluding carboxylic acids is 1. The minimum absolute atomic E-state index is 0.0393. The molecule has 1 aromatic carbocycles. The topological polar surface area (TPSA) is 112 Å². The van der Waals surface area contributed by atoms with Crippen LogP contribution in [0.15, 0.2) is 36.9 Å². The number of carbonyl (C=O) groups is 1. The summed E-state index contributed by atoms with van der Waals surface area (Å²) < 4.78 is 11.7. The first kappa shape index (κ1) is 21.5. The Morgan fingerprint density at radius 3 is 2.79 bits per heavy atom. The number of aliphatic hydroxyl groups excluding tert-OH is 2. The Morgan fingerprint density at radius 1 is 1.34 bits per heavy atom. The van der Waals surface area contributed by atoms with Crippen LogP contribution in [-0.4, -0.2) is 53.2 Å². The lowest BCUT2D eigenvalue weighted by atomic mass is 9.78. The number of aliphatic hydroxyl groups is 2. The van der Waals surface area contributed by atoms with Crippen LogP contribution in [0.3, 0.4) is 0 Å². The maximum Gasteiger partial charge on any atom is 0.252 e. The number of hydrogen-bond acceptors (Lipinski definition) is 6. The highest BCUT2D eigenvalue weighted by Crippen LogP contribution is 2.36. The van der Waals surface area contributed by atoms with Crippen LogP contribution in [-0.2, 0) is 20.9 Å². The van der Waals surface area contributed by atoms with Crippen molar-refractivity contribution in [2.45, 2.75) is 56.2 Å². The molecular formula is C22H28N2O5. The molecule has 1 amide bonds. The van der Waals surface area contributed by atoms with Gasteiger partial charge in [-0.2, -0.15) is 5.26 Å². The van der Waals surface area contributed by atoms with Crippen molar-refractivity contribution in [3.8, 4) is 6.07 Å². The minimum atomic E-state index is -1.36. The molecule has 2 aliphatic carbocycles. The molecule has 2 aliphatic rings. The maximum absolute atomic E-state index is 13.1. The average Bonchev–Trinajstić information content (AvgIpc) is 3.56. The van der Waals surface area contributed by atoms with E-state index in [4.69, 9.17) is 9.47 Å². The van der Waals surface area contributed by atoms with E-state index < -0.39 is 23.9 Å². The van der Waals surface area contributed by atoms with E-state index in [9.17, 15) is 20.3 Å². The predicted octanol–water partition coefficient (Wildman–Crippen LogP) is 1.43. The van der Waals surface area contributed by atoms with Gasteiger partial charge < -0.3 is 25.0 Å². The number of amides is 1. The fourth-order valence-electron chi connectivity index (χ4n) is 3.64. The number of benzene rings is 1. The summed E-state index contributed by atoms with van der Waals surface area (Å²) in [5.74, 6) is 0.166. The smallest absolute Gasteiger partial charge is 0.252 e. The molecule has 1 aromatic rings. The molecule has 2 fully saturated rings.